The fraction of sp³-hybridized carbons (Fsp3) is 0.269. The highest BCUT2D eigenvalue weighted by Gasteiger charge is 2.23. The first kappa shape index (κ1) is 24.2. The molecule has 0 spiro atoms. The van der Waals surface area contributed by atoms with Crippen molar-refractivity contribution < 1.29 is 19.0 Å². The molecule has 2 aliphatic rings. The van der Waals surface area contributed by atoms with Gasteiger partial charge in [0.2, 0.25) is 5.95 Å². The molecule has 0 aliphatic carbocycles. The van der Waals surface area contributed by atoms with Crippen LogP contribution in [-0.2, 0) is 4.74 Å². The van der Waals surface area contributed by atoms with E-state index in [9.17, 15) is 14.3 Å². The number of aliphatic hydroxyl groups is 1. The van der Waals surface area contributed by atoms with Crippen molar-refractivity contribution in [3.63, 3.8) is 0 Å². The van der Waals surface area contributed by atoms with Gasteiger partial charge in [-0.05, 0) is 48.6 Å². The van der Waals surface area contributed by atoms with Crippen LogP contribution in [0.4, 0.5) is 10.3 Å². The Kier molecular flexibility index (Phi) is 7.13. The zero-order valence-electron chi connectivity index (χ0n) is 19.1. The minimum atomic E-state index is -0.578. The molecule has 2 aliphatic heterocycles. The van der Waals surface area contributed by atoms with E-state index in [0.29, 0.717) is 29.7 Å². The maximum Gasteiger partial charge on any atom is 0.252 e. The van der Waals surface area contributed by atoms with Crippen LogP contribution in [0.1, 0.15) is 34.8 Å². The molecule has 1 aromatic heterocycles. The zero-order chi connectivity index (χ0) is 25.1. The number of carbonyl (C=O) groups is 1. The van der Waals surface area contributed by atoms with Gasteiger partial charge in [0.25, 0.3) is 5.91 Å². The molecule has 2 aromatic carbocycles. The number of hydrogen-bond donors (Lipinski definition) is 2. The highest BCUT2D eigenvalue weighted by Crippen LogP contribution is 2.28. The van der Waals surface area contributed by atoms with E-state index in [-0.39, 0.29) is 35.5 Å². The van der Waals surface area contributed by atoms with Crippen molar-refractivity contribution >= 4 is 46.8 Å². The standard InChI is InChI=1S/C26H23ClFN5O3/c27-21-4-3-16(8-22(21)28)24(19-11-29-12-19)33-25(35)17-1-2-18-13-31-26(32-23(18)9-17)30-10-15-5-6-36-20(7-15)14-34/h1-4,8-13,15,20,24,34H,5-7,14H2,(H,33,35). The summed E-state index contributed by atoms with van der Waals surface area (Å²) >= 11 is 5.82. The monoisotopic (exact) mass is 507 g/mol. The first-order valence-electron chi connectivity index (χ1n) is 11.5. The molecular formula is C26H23ClFN5O3. The van der Waals surface area contributed by atoms with Crippen LogP contribution in [0.15, 0.2) is 64.4 Å². The molecule has 1 amide bonds. The highest BCUT2D eigenvalue weighted by atomic mass is 35.5. The first-order chi connectivity index (χ1) is 17.5. The van der Waals surface area contributed by atoms with Gasteiger partial charge in [0.1, 0.15) is 5.82 Å². The number of nitrogens with zero attached hydrogens (tertiary/aromatic N) is 4. The molecule has 3 atom stereocenters. The molecule has 2 N–H and O–H groups in total. The van der Waals surface area contributed by atoms with E-state index in [1.165, 1.54) is 12.1 Å². The van der Waals surface area contributed by atoms with Crippen molar-refractivity contribution in [2.24, 2.45) is 15.9 Å². The normalized spacial score (nSPS) is 20.2. The summed E-state index contributed by atoms with van der Waals surface area (Å²) < 4.78 is 19.6. The number of halogens is 2. The van der Waals surface area contributed by atoms with E-state index in [1.54, 1.807) is 49.1 Å². The quantitative estimate of drug-likeness (QED) is 0.462. The summed E-state index contributed by atoms with van der Waals surface area (Å²) in [5.74, 6) is -0.448. The summed E-state index contributed by atoms with van der Waals surface area (Å²) in [6.07, 6.45) is 8.03. The van der Waals surface area contributed by atoms with Gasteiger partial charge in [0.15, 0.2) is 0 Å². The summed E-state index contributed by atoms with van der Waals surface area (Å²) in [7, 11) is 0. The fourth-order valence-corrected chi connectivity index (χ4v) is 4.25. The van der Waals surface area contributed by atoms with E-state index in [4.69, 9.17) is 16.3 Å². The molecule has 0 saturated carbocycles. The molecule has 3 heterocycles. The van der Waals surface area contributed by atoms with Crippen LogP contribution >= 0.6 is 11.6 Å². The van der Waals surface area contributed by atoms with Gasteiger partial charge in [-0.25, -0.2) is 19.4 Å². The van der Waals surface area contributed by atoms with Crippen molar-refractivity contribution in [3.8, 4) is 0 Å². The molecule has 0 radical (unpaired) electrons. The summed E-state index contributed by atoms with van der Waals surface area (Å²) in [5.41, 5.74) is 2.27. The largest absolute Gasteiger partial charge is 0.394 e. The average molecular weight is 508 g/mol. The Morgan fingerprint density at radius 2 is 2.19 bits per heavy atom. The van der Waals surface area contributed by atoms with Gasteiger partial charge >= 0.3 is 0 Å². The molecule has 3 aromatic rings. The number of carbonyl (C=O) groups excluding carboxylic acids is 1. The highest BCUT2D eigenvalue weighted by molar-refractivity contribution is 6.30. The lowest BCUT2D eigenvalue weighted by molar-refractivity contribution is -0.0263. The third-order valence-corrected chi connectivity index (χ3v) is 6.48. The van der Waals surface area contributed by atoms with Crippen LogP contribution in [0.25, 0.3) is 10.9 Å². The molecule has 36 heavy (non-hydrogen) atoms. The Hall–Kier alpha value is -3.53. The van der Waals surface area contributed by atoms with Crippen molar-refractivity contribution in [1.29, 1.82) is 0 Å². The summed E-state index contributed by atoms with van der Waals surface area (Å²) in [5, 5.41) is 13.0. The van der Waals surface area contributed by atoms with Crippen molar-refractivity contribution in [2.45, 2.75) is 25.0 Å². The predicted octanol–water partition coefficient (Wildman–Crippen LogP) is 4.35. The molecule has 0 bridgehead atoms. The number of fused-ring (bicyclic) bond motifs is 1. The molecule has 5 rings (SSSR count). The molecule has 8 nitrogen and oxygen atoms in total. The Labute approximate surface area is 211 Å². The number of hydrogen-bond acceptors (Lipinski definition) is 7. The van der Waals surface area contributed by atoms with Gasteiger partial charge in [-0.3, -0.25) is 9.79 Å². The number of aliphatic imine (C=N–C) groups is 2. The number of aliphatic hydroxyl groups excluding tert-OH is 1. The van der Waals surface area contributed by atoms with Crippen molar-refractivity contribution in [1.82, 2.24) is 15.3 Å². The number of amides is 1. The second-order valence-electron chi connectivity index (χ2n) is 8.67. The summed E-state index contributed by atoms with van der Waals surface area (Å²) in [6.45, 7) is 0.560. The first-order valence-corrected chi connectivity index (χ1v) is 11.9. The SMILES string of the molecule is O=C(NC(C1=CN=C1)c1ccc(Cl)c(F)c1)c1ccc2cnc(N=CC3CCOC(CO)C3)nc2c1. The van der Waals surface area contributed by atoms with Gasteiger partial charge in [-0.2, -0.15) is 0 Å². The molecule has 1 saturated heterocycles. The second kappa shape index (κ2) is 10.6. The maximum absolute atomic E-state index is 14.1. The van der Waals surface area contributed by atoms with Crippen LogP contribution in [-0.4, -0.2) is 52.7 Å². The van der Waals surface area contributed by atoms with Crippen molar-refractivity contribution in [2.75, 3.05) is 13.2 Å². The Balaban J connectivity index is 1.35. The third-order valence-electron chi connectivity index (χ3n) is 6.18. The Morgan fingerprint density at radius 1 is 1.33 bits per heavy atom. The second-order valence-corrected chi connectivity index (χ2v) is 9.08. The summed E-state index contributed by atoms with van der Waals surface area (Å²) in [4.78, 5) is 30.3. The third kappa shape index (κ3) is 5.33. The number of aromatic nitrogens is 2. The molecular weight excluding hydrogens is 485 g/mol. The van der Waals surface area contributed by atoms with Gasteiger partial charge in [0.05, 0.1) is 29.3 Å². The van der Waals surface area contributed by atoms with Crippen molar-refractivity contribution in [3.05, 3.63) is 76.3 Å². The minimum absolute atomic E-state index is 0.0118. The fourth-order valence-electron chi connectivity index (χ4n) is 4.14. The maximum atomic E-state index is 14.1. The topological polar surface area (TPSA) is 109 Å². The zero-order valence-corrected chi connectivity index (χ0v) is 19.9. The van der Waals surface area contributed by atoms with Crippen LogP contribution < -0.4 is 5.32 Å². The number of nitrogens with one attached hydrogen (secondary N) is 1. The van der Waals surface area contributed by atoms with E-state index in [2.05, 4.69) is 25.3 Å². The van der Waals surface area contributed by atoms with Gasteiger partial charge in [-0.15, -0.1) is 0 Å². The van der Waals surface area contributed by atoms with Gasteiger partial charge < -0.3 is 15.2 Å². The molecule has 10 heteroatoms. The molecule has 1 fully saturated rings. The van der Waals surface area contributed by atoms with Crippen LogP contribution in [0, 0.1) is 11.7 Å². The lowest BCUT2D eigenvalue weighted by atomic mass is 9.97. The van der Waals surface area contributed by atoms with E-state index >= 15 is 0 Å². The van der Waals surface area contributed by atoms with E-state index in [1.807, 2.05) is 0 Å². The number of benzene rings is 2. The van der Waals surface area contributed by atoms with E-state index in [0.717, 1.165) is 17.4 Å². The number of rotatable bonds is 7. The Morgan fingerprint density at radius 3 is 2.94 bits per heavy atom. The van der Waals surface area contributed by atoms with Crippen LogP contribution in [0.5, 0.6) is 0 Å². The number of ether oxygens (including phenoxy) is 1. The van der Waals surface area contributed by atoms with Gasteiger partial charge in [0, 0.05) is 48.0 Å². The predicted molar refractivity (Wildman–Crippen MR) is 135 cm³/mol. The Bertz CT molecular complexity index is 1390. The summed E-state index contributed by atoms with van der Waals surface area (Å²) in [6, 6.07) is 8.98. The van der Waals surface area contributed by atoms with Crippen LogP contribution in [0.2, 0.25) is 5.02 Å². The van der Waals surface area contributed by atoms with Gasteiger partial charge in [-0.1, -0.05) is 23.7 Å². The van der Waals surface area contributed by atoms with E-state index < -0.39 is 11.9 Å². The lowest BCUT2D eigenvalue weighted by Crippen LogP contribution is -2.31. The average Bonchev–Trinajstić information content (AvgIpc) is 2.87. The molecule has 3 unspecified atom stereocenters. The smallest absolute Gasteiger partial charge is 0.252 e. The molecule has 184 valence electrons. The lowest BCUT2D eigenvalue weighted by Gasteiger charge is -2.25. The van der Waals surface area contributed by atoms with Crippen LogP contribution in [0.3, 0.4) is 0 Å². The minimum Gasteiger partial charge on any atom is -0.394 e.